The Morgan fingerprint density at radius 3 is 2.59 bits per heavy atom. The first-order chi connectivity index (χ1) is 12.3. The molecular formula is C20H18BrClN3NaO. The number of nitrogens with one attached hydrogen (secondary N) is 1. The Labute approximate surface area is 194 Å². The Kier molecular flexibility index (Phi) is 5.90. The van der Waals surface area contributed by atoms with Gasteiger partial charge in [0, 0.05) is 27.9 Å². The summed E-state index contributed by atoms with van der Waals surface area (Å²) in [6.07, 6.45) is 1.78. The van der Waals surface area contributed by atoms with Crippen LogP contribution in [-0.2, 0) is 5.41 Å². The summed E-state index contributed by atoms with van der Waals surface area (Å²) in [6, 6.07) is 11.7. The zero-order valence-electron chi connectivity index (χ0n) is 16.6. The zero-order chi connectivity index (χ0) is 18.5. The molecule has 0 unspecified atom stereocenters. The molecule has 0 fully saturated rings. The fourth-order valence-electron chi connectivity index (χ4n) is 2.86. The van der Waals surface area contributed by atoms with Gasteiger partial charge in [-0.3, -0.25) is 0 Å². The second kappa shape index (κ2) is 7.72. The monoisotopic (exact) mass is 453 g/mol. The Bertz CT molecular complexity index is 1120. The molecule has 0 amide bonds. The molecule has 134 valence electrons. The molecule has 0 spiro atoms. The van der Waals surface area contributed by atoms with E-state index < -0.39 is 0 Å². The van der Waals surface area contributed by atoms with Crippen molar-refractivity contribution in [2.45, 2.75) is 26.2 Å². The SMILES string of the molecule is CC(C)(C)c1cc(-c2nc3ncc(-c4ccccc4Cl)cc3[nH]2)oc1Br.[H-].[Na+]. The van der Waals surface area contributed by atoms with Gasteiger partial charge in [-0.25, -0.2) is 9.97 Å². The van der Waals surface area contributed by atoms with Gasteiger partial charge in [0.1, 0.15) is 0 Å². The van der Waals surface area contributed by atoms with Crippen molar-refractivity contribution >= 4 is 38.7 Å². The molecule has 0 aliphatic heterocycles. The van der Waals surface area contributed by atoms with E-state index in [1.54, 1.807) is 6.20 Å². The number of hydrogen-bond donors (Lipinski definition) is 1. The number of benzene rings is 1. The summed E-state index contributed by atoms with van der Waals surface area (Å²) in [4.78, 5) is 12.3. The molecule has 4 nitrogen and oxygen atoms in total. The maximum Gasteiger partial charge on any atom is 1.00 e. The summed E-state index contributed by atoms with van der Waals surface area (Å²) in [7, 11) is 0. The topological polar surface area (TPSA) is 54.7 Å². The molecule has 0 aliphatic carbocycles. The minimum absolute atomic E-state index is 0. The maximum atomic E-state index is 6.30. The van der Waals surface area contributed by atoms with Crippen LogP contribution >= 0.6 is 27.5 Å². The van der Waals surface area contributed by atoms with Gasteiger partial charge in [0.05, 0.1) is 5.52 Å². The molecule has 0 radical (unpaired) electrons. The van der Waals surface area contributed by atoms with Crippen LogP contribution in [0.4, 0.5) is 0 Å². The molecule has 7 heteroatoms. The number of halogens is 2. The molecule has 4 aromatic rings. The predicted molar refractivity (Wildman–Crippen MR) is 110 cm³/mol. The van der Waals surface area contributed by atoms with E-state index in [4.69, 9.17) is 16.0 Å². The van der Waals surface area contributed by atoms with Crippen LogP contribution in [0, 0.1) is 0 Å². The van der Waals surface area contributed by atoms with Gasteiger partial charge in [-0.1, -0.05) is 50.6 Å². The van der Waals surface area contributed by atoms with Crippen LogP contribution in [0.1, 0.15) is 27.8 Å². The van der Waals surface area contributed by atoms with E-state index in [2.05, 4.69) is 51.7 Å². The first kappa shape index (κ1) is 20.6. The number of furan rings is 1. The van der Waals surface area contributed by atoms with Gasteiger partial charge in [0.15, 0.2) is 21.9 Å². The van der Waals surface area contributed by atoms with Gasteiger partial charge in [0.2, 0.25) is 0 Å². The third-order valence-electron chi connectivity index (χ3n) is 4.25. The van der Waals surface area contributed by atoms with E-state index in [1.807, 2.05) is 36.4 Å². The molecule has 27 heavy (non-hydrogen) atoms. The van der Waals surface area contributed by atoms with E-state index in [0.29, 0.717) is 22.3 Å². The summed E-state index contributed by atoms with van der Waals surface area (Å²) in [6.45, 7) is 6.42. The van der Waals surface area contributed by atoms with Crippen LogP contribution in [-0.4, -0.2) is 15.0 Å². The molecule has 0 atom stereocenters. The predicted octanol–water partition coefficient (Wildman–Crippen LogP) is 3.71. The van der Waals surface area contributed by atoms with Gasteiger partial charge >= 0.3 is 29.6 Å². The number of aromatic amines is 1. The molecule has 4 rings (SSSR count). The van der Waals surface area contributed by atoms with E-state index in [9.17, 15) is 0 Å². The quantitative estimate of drug-likeness (QED) is 0.470. The van der Waals surface area contributed by atoms with Crippen molar-refractivity contribution in [3.8, 4) is 22.7 Å². The van der Waals surface area contributed by atoms with Crippen LogP contribution in [0.3, 0.4) is 0 Å². The molecule has 3 heterocycles. The second-order valence-corrected chi connectivity index (χ2v) is 8.34. The van der Waals surface area contributed by atoms with Crippen LogP contribution in [0.25, 0.3) is 33.9 Å². The van der Waals surface area contributed by atoms with Crippen LogP contribution in [0.15, 0.2) is 51.7 Å². The Balaban J connectivity index is 0.00000140. The number of rotatable bonds is 2. The molecule has 0 bridgehead atoms. The summed E-state index contributed by atoms with van der Waals surface area (Å²) in [5, 5.41) is 0.693. The van der Waals surface area contributed by atoms with E-state index in [0.717, 1.165) is 26.9 Å². The van der Waals surface area contributed by atoms with E-state index in [-0.39, 0.29) is 36.4 Å². The standard InChI is InChI=1S/C20H17BrClN3O.Na.H/c1-20(2,3)13-9-16(26-17(13)21)19-24-15-8-11(10-23-18(15)25-19)12-6-4-5-7-14(12)22;;/h4-10H,1-3H3,(H,23,24,25);;/q;+1;-1. The first-order valence-corrected chi connectivity index (χ1v) is 9.41. The molecule has 0 aliphatic rings. The van der Waals surface area contributed by atoms with Gasteiger partial charge in [-0.05, 0) is 39.5 Å². The third kappa shape index (κ3) is 4.03. The fourth-order valence-corrected chi connectivity index (χ4v) is 3.98. The summed E-state index contributed by atoms with van der Waals surface area (Å²) in [5.74, 6) is 1.33. The normalized spacial score (nSPS) is 11.6. The minimum atomic E-state index is -0.0257. The molecule has 3 aromatic heterocycles. The van der Waals surface area contributed by atoms with E-state index in [1.165, 1.54) is 0 Å². The first-order valence-electron chi connectivity index (χ1n) is 8.24. The van der Waals surface area contributed by atoms with Crippen molar-refractivity contribution in [2.75, 3.05) is 0 Å². The van der Waals surface area contributed by atoms with Crippen molar-refractivity contribution in [2.24, 2.45) is 0 Å². The number of fused-ring (bicyclic) bond motifs is 1. The average Bonchev–Trinajstić information content (AvgIpc) is 3.17. The zero-order valence-corrected chi connectivity index (χ0v) is 19.9. The minimum Gasteiger partial charge on any atom is -1.00 e. The van der Waals surface area contributed by atoms with Crippen molar-refractivity contribution in [3.05, 3.63) is 57.9 Å². The largest absolute Gasteiger partial charge is 1.00 e. The number of nitrogens with zero attached hydrogens (tertiary/aromatic N) is 2. The van der Waals surface area contributed by atoms with Gasteiger partial charge < -0.3 is 10.8 Å². The van der Waals surface area contributed by atoms with Crippen molar-refractivity contribution in [3.63, 3.8) is 0 Å². The maximum absolute atomic E-state index is 6.30. The molecule has 1 aromatic carbocycles. The Hall–Kier alpha value is -1.11. The summed E-state index contributed by atoms with van der Waals surface area (Å²) in [5.41, 5.74) is 4.42. The number of aromatic nitrogens is 3. The Morgan fingerprint density at radius 2 is 1.93 bits per heavy atom. The van der Waals surface area contributed by atoms with Gasteiger partial charge in [-0.2, -0.15) is 0 Å². The summed E-state index contributed by atoms with van der Waals surface area (Å²) >= 11 is 9.81. The van der Waals surface area contributed by atoms with Crippen molar-refractivity contribution in [1.29, 1.82) is 0 Å². The van der Waals surface area contributed by atoms with Gasteiger partial charge in [-0.15, -0.1) is 0 Å². The second-order valence-electron chi connectivity index (χ2n) is 7.21. The van der Waals surface area contributed by atoms with Crippen molar-refractivity contribution < 1.29 is 35.4 Å². The average molecular weight is 455 g/mol. The van der Waals surface area contributed by atoms with Gasteiger partial charge in [0.25, 0.3) is 0 Å². The third-order valence-corrected chi connectivity index (χ3v) is 5.17. The number of imidazole rings is 1. The van der Waals surface area contributed by atoms with Crippen molar-refractivity contribution in [1.82, 2.24) is 15.0 Å². The Morgan fingerprint density at radius 1 is 1.19 bits per heavy atom. The number of hydrogen-bond acceptors (Lipinski definition) is 3. The molecule has 0 saturated heterocycles. The van der Waals surface area contributed by atoms with Crippen LogP contribution in [0.2, 0.25) is 5.02 Å². The van der Waals surface area contributed by atoms with Crippen LogP contribution in [0.5, 0.6) is 0 Å². The molecule has 0 saturated carbocycles. The fraction of sp³-hybridized carbons (Fsp3) is 0.200. The smallest absolute Gasteiger partial charge is 1.00 e. The summed E-state index contributed by atoms with van der Waals surface area (Å²) < 4.78 is 6.59. The number of H-pyrrole nitrogens is 1. The molecular weight excluding hydrogens is 437 g/mol. The van der Waals surface area contributed by atoms with Crippen LogP contribution < -0.4 is 29.6 Å². The van der Waals surface area contributed by atoms with E-state index >= 15 is 0 Å². The molecule has 1 N–H and O–H groups in total. The number of pyridine rings is 1.